The third-order valence-corrected chi connectivity index (χ3v) is 3.90. The highest BCUT2D eigenvalue weighted by atomic mass is 16.4. The first kappa shape index (κ1) is 15.5. The first-order chi connectivity index (χ1) is 8.90. The van der Waals surface area contributed by atoms with E-state index in [1.165, 1.54) is 4.68 Å². The Hall–Kier alpha value is -1.56. The SMILES string of the molecule is CCC(CC)(CO)CNc1c(C(=O)O)c(C)nn1C. The fourth-order valence-electron chi connectivity index (χ4n) is 2.17. The maximum atomic E-state index is 11.2. The molecule has 0 bridgehead atoms. The zero-order chi connectivity index (χ0) is 14.6. The summed E-state index contributed by atoms with van der Waals surface area (Å²) >= 11 is 0. The van der Waals surface area contributed by atoms with Crippen LogP contribution in [0.1, 0.15) is 42.7 Å². The minimum absolute atomic E-state index is 0.0756. The molecule has 3 N–H and O–H groups in total. The Morgan fingerprint density at radius 3 is 2.42 bits per heavy atom. The van der Waals surface area contributed by atoms with Gasteiger partial charge in [-0.3, -0.25) is 4.68 Å². The number of carboxylic acids is 1. The fraction of sp³-hybridized carbons (Fsp3) is 0.692. The maximum Gasteiger partial charge on any atom is 0.341 e. The molecule has 0 unspecified atom stereocenters. The molecule has 0 aromatic carbocycles. The van der Waals surface area contributed by atoms with Gasteiger partial charge in [0.2, 0.25) is 0 Å². The highest BCUT2D eigenvalue weighted by Crippen LogP contribution is 2.27. The molecule has 0 aliphatic carbocycles. The normalized spacial score (nSPS) is 11.6. The Bertz CT molecular complexity index is 442. The summed E-state index contributed by atoms with van der Waals surface area (Å²) in [6.07, 6.45) is 1.65. The zero-order valence-electron chi connectivity index (χ0n) is 12.0. The van der Waals surface area contributed by atoms with Crippen LogP contribution in [0.15, 0.2) is 0 Å². The van der Waals surface area contributed by atoms with Crippen molar-refractivity contribution in [2.45, 2.75) is 33.6 Å². The van der Waals surface area contributed by atoms with Crippen LogP contribution in [0.5, 0.6) is 0 Å². The molecule has 1 heterocycles. The second kappa shape index (κ2) is 6.06. The van der Waals surface area contributed by atoms with Gasteiger partial charge < -0.3 is 15.5 Å². The summed E-state index contributed by atoms with van der Waals surface area (Å²) < 4.78 is 1.53. The number of aliphatic hydroxyl groups is 1. The van der Waals surface area contributed by atoms with Crippen molar-refractivity contribution in [1.82, 2.24) is 9.78 Å². The number of nitrogens with one attached hydrogen (secondary N) is 1. The molecule has 19 heavy (non-hydrogen) atoms. The smallest absolute Gasteiger partial charge is 0.341 e. The van der Waals surface area contributed by atoms with Crippen LogP contribution in [0.4, 0.5) is 5.82 Å². The molecule has 0 aliphatic rings. The van der Waals surface area contributed by atoms with Crippen LogP contribution in [0.2, 0.25) is 0 Å². The molecule has 0 aliphatic heterocycles. The average Bonchev–Trinajstić information content (AvgIpc) is 2.66. The largest absolute Gasteiger partial charge is 0.477 e. The van der Waals surface area contributed by atoms with Gasteiger partial charge in [-0.25, -0.2) is 4.79 Å². The molecule has 0 spiro atoms. The summed E-state index contributed by atoms with van der Waals surface area (Å²) in [7, 11) is 1.71. The summed E-state index contributed by atoms with van der Waals surface area (Å²) in [5.74, 6) is -0.500. The van der Waals surface area contributed by atoms with Gasteiger partial charge in [-0.05, 0) is 19.8 Å². The van der Waals surface area contributed by atoms with Crippen molar-refractivity contribution >= 4 is 11.8 Å². The van der Waals surface area contributed by atoms with Crippen LogP contribution in [0.3, 0.4) is 0 Å². The minimum Gasteiger partial charge on any atom is -0.477 e. The Labute approximate surface area is 113 Å². The molecule has 6 nitrogen and oxygen atoms in total. The molecular weight excluding hydrogens is 246 g/mol. The highest BCUT2D eigenvalue weighted by Gasteiger charge is 2.27. The van der Waals surface area contributed by atoms with Gasteiger partial charge in [0, 0.05) is 19.0 Å². The van der Waals surface area contributed by atoms with Crippen molar-refractivity contribution in [1.29, 1.82) is 0 Å². The van der Waals surface area contributed by atoms with E-state index in [9.17, 15) is 15.0 Å². The number of hydrogen-bond donors (Lipinski definition) is 3. The van der Waals surface area contributed by atoms with E-state index in [-0.39, 0.29) is 17.6 Å². The first-order valence-electron chi connectivity index (χ1n) is 6.52. The molecule has 6 heteroatoms. The van der Waals surface area contributed by atoms with Crippen molar-refractivity contribution in [2.24, 2.45) is 12.5 Å². The van der Waals surface area contributed by atoms with E-state index < -0.39 is 5.97 Å². The minimum atomic E-state index is -0.990. The van der Waals surface area contributed by atoms with E-state index in [1.54, 1.807) is 14.0 Å². The van der Waals surface area contributed by atoms with Gasteiger partial charge in [0.1, 0.15) is 11.4 Å². The number of nitrogens with zero attached hydrogens (tertiary/aromatic N) is 2. The van der Waals surface area contributed by atoms with Crippen molar-refractivity contribution in [3.8, 4) is 0 Å². The number of carboxylic acid groups (broad SMARTS) is 1. The predicted molar refractivity (Wildman–Crippen MR) is 73.5 cm³/mol. The number of anilines is 1. The number of aryl methyl sites for hydroxylation is 2. The lowest BCUT2D eigenvalue weighted by atomic mass is 9.83. The quantitative estimate of drug-likeness (QED) is 0.700. The third-order valence-electron chi connectivity index (χ3n) is 3.90. The molecule has 1 aromatic rings. The molecule has 1 rings (SSSR count). The highest BCUT2D eigenvalue weighted by molar-refractivity contribution is 5.94. The average molecular weight is 269 g/mol. The Balaban J connectivity index is 2.97. The van der Waals surface area contributed by atoms with Gasteiger partial charge >= 0.3 is 5.97 Å². The molecule has 108 valence electrons. The van der Waals surface area contributed by atoms with Gasteiger partial charge in [-0.2, -0.15) is 5.10 Å². The monoisotopic (exact) mass is 269 g/mol. The van der Waals surface area contributed by atoms with Crippen molar-refractivity contribution in [3.05, 3.63) is 11.3 Å². The van der Waals surface area contributed by atoms with Gasteiger partial charge in [0.15, 0.2) is 0 Å². The Morgan fingerprint density at radius 1 is 1.42 bits per heavy atom. The first-order valence-corrected chi connectivity index (χ1v) is 6.52. The van der Waals surface area contributed by atoms with Crippen molar-refractivity contribution < 1.29 is 15.0 Å². The van der Waals surface area contributed by atoms with E-state index in [0.717, 1.165) is 12.8 Å². The second-order valence-corrected chi connectivity index (χ2v) is 4.96. The molecule has 1 aromatic heterocycles. The summed E-state index contributed by atoms with van der Waals surface area (Å²) in [6.45, 7) is 6.32. The van der Waals surface area contributed by atoms with Crippen LogP contribution < -0.4 is 5.32 Å². The lowest BCUT2D eigenvalue weighted by molar-refractivity contribution is 0.0697. The number of hydrogen-bond acceptors (Lipinski definition) is 4. The molecule has 0 saturated carbocycles. The van der Waals surface area contributed by atoms with E-state index in [1.807, 2.05) is 13.8 Å². The number of aromatic carboxylic acids is 1. The number of rotatable bonds is 7. The molecule has 0 saturated heterocycles. The van der Waals surface area contributed by atoms with E-state index in [0.29, 0.717) is 18.1 Å². The topological polar surface area (TPSA) is 87.4 Å². The standard InChI is InChI=1S/C13H23N3O3/c1-5-13(6-2,8-17)7-14-11-10(12(18)19)9(3)15-16(11)4/h14,17H,5-8H2,1-4H3,(H,18,19). The van der Waals surface area contributed by atoms with Crippen molar-refractivity contribution in [3.63, 3.8) is 0 Å². The van der Waals surface area contributed by atoms with Crippen molar-refractivity contribution in [2.75, 3.05) is 18.5 Å². The maximum absolute atomic E-state index is 11.2. The van der Waals surface area contributed by atoms with Gasteiger partial charge in [0.25, 0.3) is 0 Å². The van der Waals surface area contributed by atoms with Gasteiger partial charge in [-0.15, -0.1) is 0 Å². The predicted octanol–water partition coefficient (Wildman–Crippen LogP) is 1.64. The van der Waals surface area contributed by atoms with Crippen LogP contribution >= 0.6 is 0 Å². The van der Waals surface area contributed by atoms with Crippen LogP contribution in [0.25, 0.3) is 0 Å². The molecule has 0 radical (unpaired) electrons. The summed E-state index contributed by atoms with van der Waals surface area (Å²) in [5, 5.41) is 26.0. The lowest BCUT2D eigenvalue weighted by Gasteiger charge is -2.30. The third kappa shape index (κ3) is 3.07. The summed E-state index contributed by atoms with van der Waals surface area (Å²) in [6, 6.07) is 0. The van der Waals surface area contributed by atoms with Crippen LogP contribution in [-0.2, 0) is 7.05 Å². The van der Waals surface area contributed by atoms with E-state index in [4.69, 9.17) is 0 Å². The Morgan fingerprint density at radius 2 is 2.00 bits per heavy atom. The molecule has 0 atom stereocenters. The lowest BCUT2D eigenvalue weighted by Crippen LogP contribution is -2.33. The number of aliphatic hydroxyl groups excluding tert-OH is 1. The van der Waals surface area contributed by atoms with E-state index >= 15 is 0 Å². The van der Waals surface area contributed by atoms with Crippen LogP contribution in [0, 0.1) is 12.3 Å². The summed E-state index contributed by atoms with van der Waals surface area (Å²) in [5.41, 5.74) is 0.454. The fourth-order valence-corrected chi connectivity index (χ4v) is 2.17. The molecule has 0 fully saturated rings. The Kier molecular flexibility index (Phi) is 4.94. The number of aromatic nitrogens is 2. The van der Waals surface area contributed by atoms with Crippen LogP contribution in [-0.4, -0.2) is 39.1 Å². The van der Waals surface area contributed by atoms with Gasteiger partial charge in [0.05, 0.1) is 12.3 Å². The summed E-state index contributed by atoms with van der Waals surface area (Å²) in [4.78, 5) is 11.2. The van der Waals surface area contributed by atoms with E-state index in [2.05, 4.69) is 10.4 Å². The molecule has 0 amide bonds. The molecular formula is C13H23N3O3. The zero-order valence-corrected chi connectivity index (χ0v) is 12.0. The van der Waals surface area contributed by atoms with Gasteiger partial charge in [-0.1, -0.05) is 13.8 Å². The second-order valence-electron chi connectivity index (χ2n) is 4.96. The number of carbonyl (C=O) groups is 1.